The van der Waals surface area contributed by atoms with Crippen LogP contribution in [0.15, 0.2) is 48.2 Å². The zero-order chi connectivity index (χ0) is 8.27. The van der Waals surface area contributed by atoms with Crippen LogP contribution in [0.1, 0.15) is 6.92 Å². The highest BCUT2D eigenvalue weighted by Gasteiger charge is 2.11. The van der Waals surface area contributed by atoms with Gasteiger partial charge in [-0.3, -0.25) is 0 Å². The molecule has 0 aliphatic carbocycles. The van der Waals surface area contributed by atoms with Gasteiger partial charge in [-0.1, -0.05) is 31.4 Å². The molecule has 0 aromatic rings. The fourth-order valence-corrected chi connectivity index (χ4v) is 1.14. The molecule has 0 aromatic heterocycles. The second-order valence-corrected chi connectivity index (χ2v) is 2.48. The van der Waals surface area contributed by atoms with Gasteiger partial charge in [0, 0.05) is 17.8 Å². The Morgan fingerprint density at radius 3 is 2.82 bits per heavy atom. The van der Waals surface area contributed by atoms with Crippen molar-refractivity contribution < 1.29 is 0 Å². The van der Waals surface area contributed by atoms with E-state index in [-0.39, 0.29) is 0 Å². The van der Waals surface area contributed by atoms with Crippen molar-refractivity contribution in [2.75, 3.05) is 6.54 Å². The molecular formula is C10H13N. The molecule has 1 aliphatic heterocycles. The van der Waals surface area contributed by atoms with Gasteiger partial charge in [0.05, 0.1) is 0 Å². The minimum absolute atomic E-state index is 0.863. The Bertz CT molecular complexity index is 244. The molecule has 0 atom stereocenters. The van der Waals surface area contributed by atoms with Gasteiger partial charge < -0.3 is 5.32 Å². The Balaban J connectivity index is 2.98. The third kappa shape index (κ3) is 1.43. The lowest BCUT2D eigenvalue weighted by Gasteiger charge is -1.96. The molecule has 0 amide bonds. The molecule has 1 heteroatoms. The Morgan fingerprint density at radius 2 is 2.27 bits per heavy atom. The molecule has 1 N–H and O–H groups in total. The van der Waals surface area contributed by atoms with Crippen molar-refractivity contribution in [3.8, 4) is 0 Å². The molecule has 0 saturated heterocycles. The van der Waals surface area contributed by atoms with Crippen LogP contribution < -0.4 is 5.32 Å². The molecule has 1 rings (SSSR count). The van der Waals surface area contributed by atoms with Gasteiger partial charge in [0.1, 0.15) is 0 Å². The van der Waals surface area contributed by atoms with E-state index in [1.165, 1.54) is 11.1 Å². The number of nitrogens with one attached hydrogen (secondary N) is 1. The monoisotopic (exact) mass is 147 g/mol. The standard InChI is InChI=1S/C10H13N/c1-4-6-10-8(3)11-7-9(10)5-2/h4-6,11H,2-3,7H2,1H3/b6-4-. The summed E-state index contributed by atoms with van der Waals surface area (Å²) in [5.74, 6) is 0. The lowest BCUT2D eigenvalue weighted by molar-refractivity contribution is 0.967. The van der Waals surface area contributed by atoms with Crippen LogP contribution in [0.2, 0.25) is 0 Å². The van der Waals surface area contributed by atoms with Crippen molar-refractivity contribution in [2.45, 2.75) is 6.92 Å². The summed E-state index contributed by atoms with van der Waals surface area (Å²) in [5, 5.41) is 3.16. The first-order valence-corrected chi connectivity index (χ1v) is 3.71. The van der Waals surface area contributed by atoms with Gasteiger partial charge in [-0.15, -0.1) is 0 Å². The first kappa shape index (κ1) is 7.86. The minimum atomic E-state index is 0.863. The van der Waals surface area contributed by atoms with Crippen molar-refractivity contribution in [1.82, 2.24) is 5.32 Å². The smallest absolute Gasteiger partial charge is 0.0407 e. The number of hydrogen-bond donors (Lipinski definition) is 1. The van der Waals surface area contributed by atoms with Gasteiger partial charge in [0.2, 0.25) is 0 Å². The van der Waals surface area contributed by atoms with E-state index in [1.807, 2.05) is 19.1 Å². The molecule has 11 heavy (non-hydrogen) atoms. The van der Waals surface area contributed by atoms with Crippen LogP contribution in [0.3, 0.4) is 0 Å². The third-order valence-corrected chi connectivity index (χ3v) is 1.74. The van der Waals surface area contributed by atoms with Gasteiger partial charge >= 0.3 is 0 Å². The Morgan fingerprint density at radius 1 is 1.55 bits per heavy atom. The third-order valence-electron chi connectivity index (χ3n) is 1.74. The van der Waals surface area contributed by atoms with Gasteiger partial charge in [-0.25, -0.2) is 0 Å². The molecule has 0 fully saturated rings. The molecule has 0 radical (unpaired) electrons. The Kier molecular flexibility index (Phi) is 2.32. The van der Waals surface area contributed by atoms with Crippen LogP contribution in [-0.4, -0.2) is 6.54 Å². The molecule has 0 spiro atoms. The topological polar surface area (TPSA) is 12.0 Å². The summed E-state index contributed by atoms with van der Waals surface area (Å²) in [6.45, 7) is 10.5. The fraction of sp³-hybridized carbons (Fsp3) is 0.200. The van der Waals surface area contributed by atoms with Crippen molar-refractivity contribution in [3.63, 3.8) is 0 Å². The van der Waals surface area contributed by atoms with Crippen LogP contribution in [0.4, 0.5) is 0 Å². The molecule has 1 heterocycles. The molecule has 1 aliphatic rings. The summed E-state index contributed by atoms with van der Waals surface area (Å²) in [6.07, 6.45) is 5.94. The highest BCUT2D eigenvalue weighted by molar-refractivity contribution is 5.49. The summed E-state index contributed by atoms with van der Waals surface area (Å²) < 4.78 is 0. The SMILES string of the molecule is C=CC1=C(/C=C\C)C(=C)NC1. The number of rotatable bonds is 2. The highest BCUT2D eigenvalue weighted by Crippen LogP contribution is 2.19. The lowest BCUT2D eigenvalue weighted by atomic mass is 10.1. The van der Waals surface area contributed by atoms with E-state index in [1.54, 1.807) is 0 Å². The number of allylic oxidation sites excluding steroid dienone is 2. The van der Waals surface area contributed by atoms with Gasteiger partial charge in [0.25, 0.3) is 0 Å². The average molecular weight is 147 g/mol. The van der Waals surface area contributed by atoms with Crippen molar-refractivity contribution in [3.05, 3.63) is 48.2 Å². The predicted octanol–water partition coefficient (Wildman–Crippen LogP) is 2.16. The van der Waals surface area contributed by atoms with Crippen LogP contribution in [0.25, 0.3) is 0 Å². The first-order valence-electron chi connectivity index (χ1n) is 3.71. The maximum absolute atomic E-state index is 3.88. The molecule has 58 valence electrons. The minimum Gasteiger partial charge on any atom is -0.381 e. The summed E-state index contributed by atoms with van der Waals surface area (Å²) in [5.41, 5.74) is 3.41. The lowest BCUT2D eigenvalue weighted by Crippen LogP contribution is -2.05. The van der Waals surface area contributed by atoms with Crippen LogP contribution in [0, 0.1) is 0 Å². The summed E-state index contributed by atoms with van der Waals surface area (Å²) in [6, 6.07) is 0. The molecule has 0 unspecified atom stereocenters. The van der Waals surface area contributed by atoms with Crippen LogP contribution >= 0.6 is 0 Å². The highest BCUT2D eigenvalue weighted by atomic mass is 14.9. The van der Waals surface area contributed by atoms with Crippen LogP contribution in [0.5, 0.6) is 0 Å². The van der Waals surface area contributed by atoms with E-state index in [0.29, 0.717) is 0 Å². The maximum Gasteiger partial charge on any atom is 0.0407 e. The van der Waals surface area contributed by atoms with Crippen LogP contribution in [-0.2, 0) is 0 Å². The van der Waals surface area contributed by atoms with Crippen molar-refractivity contribution in [1.29, 1.82) is 0 Å². The van der Waals surface area contributed by atoms with E-state index in [0.717, 1.165) is 12.2 Å². The summed E-state index contributed by atoms with van der Waals surface area (Å²) in [7, 11) is 0. The first-order chi connectivity index (χ1) is 5.29. The largest absolute Gasteiger partial charge is 0.381 e. The van der Waals surface area contributed by atoms with Gasteiger partial charge in [0.15, 0.2) is 0 Å². The Labute approximate surface area is 67.8 Å². The van der Waals surface area contributed by atoms with Crippen molar-refractivity contribution in [2.24, 2.45) is 0 Å². The van der Waals surface area contributed by atoms with Gasteiger partial charge in [-0.05, 0) is 12.5 Å². The van der Waals surface area contributed by atoms with E-state index in [2.05, 4.69) is 24.6 Å². The molecule has 1 nitrogen and oxygen atoms in total. The average Bonchev–Trinajstić information content (AvgIpc) is 2.34. The van der Waals surface area contributed by atoms with Gasteiger partial charge in [-0.2, -0.15) is 0 Å². The van der Waals surface area contributed by atoms with E-state index < -0.39 is 0 Å². The predicted molar refractivity (Wildman–Crippen MR) is 49.2 cm³/mol. The normalized spacial score (nSPS) is 17.7. The fourth-order valence-electron chi connectivity index (χ4n) is 1.14. The van der Waals surface area contributed by atoms with E-state index in [4.69, 9.17) is 0 Å². The zero-order valence-electron chi connectivity index (χ0n) is 6.85. The zero-order valence-corrected chi connectivity index (χ0v) is 6.85. The maximum atomic E-state index is 3.88. The summed E-state index contributed by atoms with van der Waals surface area (Å²) >= 11 is 0. The molecular weight excluding hydrogens is 134 g/mol. The second-order valence-electron chi connectivity index (χ2n) is 2.48. The van der Waals surface area contributed by atoms with E-state index in [9.17, 15) is 0 Å². The summed E-state index contributed by atoms with van der Waals surface area (Å²) in [4.78, 5) is 0. The number of hydrogen-bond acceptors (Lipinski definition) is 1. The van der Waals surface area contributed by atoms with Crippen molar-refractivity contribution >= 4 is 0 Å². The quantitative estimate of drug-likeness (QED) is 0.631. The van der Waals surface area contributed by atoms with E-state index >= 15 is 0 Å². The molecule has 0 aromatic carbocycles. The second kappa shape index (κ2) is 3.24. The molecule has 0 saturated carbocycles. The Hall–Kier alpha value is -1.24. The molecule has 0 bridgehead atoms.